The first kappa shape index (κ1) is 18.8. The largest absolute Gasteiger partial charge is 0.497 e. The molecule has 7 nitrogen and oxygen atoms in total. The third-order valence-corrected chi connectivity index (χ3v) is 4.42. The minimum Gasteiger partial charge on any atom is -0.497 e. The molecule has 4 aromatic rings. The van der Waals surface area contributed by atoms with Crippen LogP contribution in [0.1, 0.15) is 10.5 Å². The van der Waals surface area contributed by atoms with Crippen LogP contribution < -0.4 is 14.8 Å². The molecule has 2 heterocycles. The minimum absolute atomic E-state index is 0.160. The van der Waals surface area contributed by atoms with Crippen LogP contribution in [0.25, 0.3) is 10.9 Å². The van der Waals surface area contributed by atoms with Crippen LogP contribution >= 0.6 is 11.6 Å². The van der Waals surface area contributed by atoms with E-state index in [9.17, 15) is 4.79 Å². The molecular formula is C21H17ClN4O3. The summed E-state index contributed by atoms with van der Waals surface area (Å²) in [5.41, 5.74) is 1.64. The Morgan fingerprint density at radius 1 is 1.14 bits per heavy atom. The van der Waals surface area contributed by atoms with Crippen molar-refractivity contribution in [3.63, 3.8) is 0 Å². The number of methoxy groups -OCH3 is 1. The zero-order chi connectivity index (χ0) is 20.2. The molecule has 8 heteroatoms. The topological polar surface area (TPSA) is 78.3 Å². The highest BCUT2D eigenvalue weighted by molar-refractivity contribution is 6.30. The molecule has 1 amide bonds. The molecule has 146 valence electrons. The van der Waals surface area contributed by atoms with E-state index in [0.29, 0.717) is 16.5 Å². The Bertz CT molecular complexity index is 1180. The van der Waals surface area contributed by atoms with Crippen LogP contribution in [-0.2, 0) is 6.73 Å². The van der Waals surface area contributed by atoms with Crippen LogP contribution in [0.3, 0.4) is 0 Å². The van der Waals surface area contributed by atoms with Crippen molar-refractivity contribution in [3.8, 4) is 11.5 Å². The summed E-state index contributed by atoms with van der Waals surface area (Å²) in [5.74, 6) is 1.02. The summed E-state index contributed by atoms with van der Waals surface area (Å²) in [5, 5.41) is 8.53. The number of carbonyl (C=O) groups is 1. The molecule has 0 aliphatic rings. The number of pyridine rings is 1. The summed E-state index contributed by atoms with van der Waals surface area (Å²) in [7, 11) is 1.61. The number of nitrogens with zero attached hydrogens (tertiary/aromatic N) is 3. The summed E-state index contributed by atoms with van der Waals surface area (Å²) in [6, 6.07) is 16.1. The lowest BCUT2D eigenvalue weighted by atomic mass is 10.2. The molecule has 0 bridgehead atoms. The number of rotatable bonds is 6. The average molecular weight is 409 g/mol. The highest BCUT2D eigenvalue weighted by atomic mass is 35.5. The predicted molar refractivity (Wildman–Crippen MR) is 111 cm³/mol. The first-order valence-corrected chi connectivity index (χ1v) is 9.15. The minimum atomic E-state index is -0.332. The molecular weight excluding hydrogens is 392 g/mol. The standard InChI is InChI=1S/C21H17ClN4O3/c1-28-17-6-5-14-9-16(12-23-20(14)11-17)24-21(27)19-7-8-26(25-19)13-29-18-4-2-3-15(22)10-18/h2-12H,13H2,1H3,(H,24,27). The number of aromatic nitrogens is 3. The van der Waals surface area contributed by atoms with Crippen molar-refractivity contribution in [3.05, 3.63) is 77.7 Å². The second-order valence-electron chi connectivity index (χ2n) is 6.21. The molecule has 2 aromatic carbocycles. The van der Waals surface area contributed by atoms with Crippen LogP contribution in [0.4, 0.5) is 5.69 Å². The zero-order valence-corrected chi connectivity index (χ0v) is 16.3. The fourth-order valence-electron chi connectivity index (χ4n) is 2.74. The van der Waals surface area contributed by atoms with Crippen LogP contribution in [0, 0.1) is 0 Å². The number of amides is 1. The molecule has 0 aliphatic heterocycles. The van der Waals surface area contributed by atoms with Crippen molar-refractivity contribution in [2.24, 2.45) is 0 Å². The molecule has 0 saturated carbocycles. The number of hydrogen-bond acceptors (Lipinski definition) is 5. The predicted octanol–water partition coefficient (Wildman–Crippen LogP) is 4.38. The molecule has 0 aliphatic carbocycles. The number of hydrogen-bond donors (Lipinski definition) is 1. The lowest BCUT2D eigenvalue weighted by Crippen LogP contribution is -2.14. The Labute approximate surface area is 171 Å². The van der Waals surface area contributed by atoms with Gasteiger partial charge in [-0.3, -0.25) is 9.78 Å². The van der Waals surface area contributed by atoms with E-state index in [1.165, 1.54) is 4.68 Å². The third kappa shape index (κ3) is 4.47. The monoisotopic (exact) mass is 408 g/mol. The van der Waals surface area contributed by atoms with E-state index in [1.807, 2.05) is 24.3 Å². The molecule has 0 fully saturated rings. The maximum Gasteiger partial charge on any atom is 0.276 e. The normalized spacial score (nSPS) is 10.7. The van der Waals surface area contributed by atoms with Crippen LogP contribution in [0.2, 0.25) is 5.02 Å². The molecule has 0 radical (unpaired) electrons. The lowest BCUT2D eigenvalue weighted by molar-refractivity contribution is 0.102. The maximum absolute atomic E-state index is 12.5. The van der Waals surface area contributed by atoms with Gasteiger partial charge in [0.2, 0.25) is 0 Å². The SMILES string of the molecule is COc1ccc2cc(NC(=O)c3ccn(COc4cccc(Cl)c4)n3)cnc2c1. The number of nitrogens with one attached hydrogen (secondary N) is 1. The second-order valence-corrected chi connectivity index (χ2v) is 6.64. The molecule has 1 N–H and O–H groups in total. The molecule has 4 rings (SSSR count). The van der Waals surface area contributed by atoms with Gasteiger partial charge in [-0.15, -0.1) is 0 Å². The quantitative estimate of drug-likeness (QED) is 0.512. The van der Waals surface area contributed by atoms with E-state index in [2.05, 4.69) is 15.4 Å². The molecule has 0 atom stereocenters. The Hall–Kier alpha value is -3.58. The van der Waals surface area contributed by atoms with E-state index >= 15 is 0 Å². The average Bonchev–Trinajstić information content (AvgIpc) is 3.21. The maximum atomic E-state index is 12.5. The van der Waals surface area contributed by atoms with Gasteiger partial charge in [-0.05, 0) is 42.5 Å². The van der Waals surface area contributed by atoms with Gasteiger partial charge in [-0.1, -0.05) is 17.7 Å². The van der Waals surface area contributed by atoms with Crippen LogP contribution in [-0.4, -0.2) is 27.8 Å². The summed E-state index contributed by atoms with van der Waals surface area (Å²) in [6.07, 6.45) is 3.27. The first-order valence-electron chi connectivity index (χ1n) is 8.78. The van der Waals surface area contributed by atoms with Crippen molar-refractivity contribution in [1.82, 2.24) is 14.8 Å². The highest BCUT2D eigenvalue weighted by Gasteiger charge is 2.11. The summed E-state index contributed by atoms with van der Waals surface area (Å²) >= 11 is 5.93. The number of carbonyl (C=O) groups excluding carboxylic acids is 1. The fourth-order valence-corrected chi connectivity index (χ4v) is 2.92. The second kappa shape index (κ2) is 8.20. The summed E-state index contributed by atoms with van der Waals surface area (Å²) < 4.78 is 12.3. The van der Waals surface area contributed by atoms with E-state index in [1.54, 1.807) is 49.8 Å². The number of ether oxygens (including phenoxy) is 2. The van der Waals surface area contributed by atoms with Gasteiger partial charge in [0.15, 0.2) is 12.4 Å². The first-order chi connectivity index (χ1) is 14.1. The Balaban J connectivity index is 1.41. The highest BCUT2D eigenvalue weighted by Crippen LogP contribution is 2.22. The van der Waals surface area contributed by atoms with Gasteiger partial charge in [-0.2, -0.15) is 5.10 Å². The van der Waals surface area contributed by atoms with Crippen molar-refractivity contribution in [1.29, 1.82) is 0 Å². The van der Waals surface area contributed by atoms with E-state index in [0.717, 1.165) is 16.7 Å². The Kier molecular flexibility index (Phi) is 5.31. The molecule has 29 heavy (non-hydrogen) atoms. The van der Waals surface area contributed by atoms with E-state index in [4.69, 9.17) is 21.1 Å². The molecule has 0 unspecified atom stereocenters. The summed E-state index contributed by atoms with van der Waals surface area (Å²) in [6.45, 7) is 0.160. The van der Waals surface area contributed by atoms with Crippen LogP contribution in [0.15, 0.2) is 67.0 Å². The van der Waals surface area contributed by atoms with Gasteiger partial charge < -0.3 is 14.8 Å². The zero-order valence-electron chi connectivity index (χ0n) is 15.5. The van der Waals surface area contributed by atoms with Gasteiger partial charge in [-0.25, -0.2) is 4.68 Å². The van der Waals surface area contributed by atoms with Gasteiger partial charge in [0.25, 0.3) is 5.91 Å². The smallest absolute Gasteiger partial charge is 0.276 e. The number of anilines is 1. The fraction of sp³-hybridized carbons (Fsp3) is 0.0952. The Morgan fingerprint density at radius 2 is 2.03 bits per heavy atom. The third-order valence-electron chi connectivity index (χ3n) is 4.18. The van der Waals surface area contributed by atoms with Crippen molar-refractivity contribution >= 4 is 34.1 Å². The van der Waals surface area contributed by atoms with Crippen LogP contribution in [0.5, 0.6) is 11.5 Å². The van der Waals surface area contributed by atoms with Crippen molar-refractivity contribution < 1.29 is 14.3 Å². The number of fused-ring (bicyclic) bond motifs is 1. The van der Waals surface area contributed by atoms with Gasteiger partial charge in [0, 0.05) is 22.7 Å². The number of halogens is 1. The lowest BCUT2D eigenvalue weighted by Gasteiger charge is -2.07. The number of benzene rings is 2. The summed E-state index contributed by atoms with van der Waals surface area (Å²) in [4.78, 5) is 16.9. The van der Waals surface area contributed by atoms with E-state index in [-0.39, 0.29) is 18.3 Å². The van der Waals surface area contributed by atoms with Crippen molar-refractivity contribution in [2.45, 2.75) is 6.73 Å². The molecule has 0 spiro atoms. The van der Waals surface area contributed by atoms with E-state index < -0.39 is 0 Å². The molecule has 2 aromatic heterocycles. The van der Waals surface area contributed by atoms with Gasteiger partial charge >= 0.3 is 0 Å². The van der Waals surface area contributed by atoms with Gasteiger partial charge in [0.05, 0.1) is 24.5 Å². The van der Waals surface area contributed by atoms with Gasteiger partial charge in [0.1, 0.15) is 11.5 Å². The Morgan fingerprint density at radius 3 is 2.86 bits per heavy atom. The molecule has 0 saturated heterocycles. The van der Waals surface area contributed by atoms with Crippen molar-refractivity contribution in [2.75, 3.05) is 12.4 Å².